The summed E-state index contributed by atoms with van der Waals surface area (Å²) in [7, 11) is 0. The van der Waals surface area contributed by atoms with Gasteiger partial charge in [-0.3, -0.25) is 9.59 Å². The van der Waals surface area contributed by atoms with Gasteiger partial charge in [0, 0.05) is 11.4 Å². The summed E-state index contributed by atoms with van der Waals surface area (Å²) in [5.41, 5.74) is 0.972. The van der Waals surface area contributed by atoms with E-state index in [-0.39, 0.29) is 20.7 Å². The Morgan fingerprint density at radius 1 is 0.933 bits per heavy atom. The number of hydrogen-bond donors (Lipinski definition) is 2. The second-order valence-corrected chi connectivity index (χ2v) is 7.19. The van der Waals surface area contributed by atoms with Crippen LogP contribution in [0.1, 0.15) is 20.4 Å². The first-order valence-electron chi connectivity index (χ1n) is 8.28. The number of anilines is 2. The van der Waals surface area contributed by atoms with Crippen LogP contribution in [0.2, 0.25) is 0 Å². The molecule has 0 radical (unpaired) electrons. The monoisotopic (exact) mass is 452 g/mol. The molecule has 1 heterocycles. The molecule has 0 aliphatic heterocycles. The van der Waals surface area contributed by atoms with Crippen molar-refractivity contribution in [2.75, 3.05) is 10.6 Å². The van der Waals surface area contributed by atoms with Crippen molar-refractivity contribution in [3.05, 3.63) is 70.2 Å². The molecule has 2 aromatic carbocycles. The summed E-state index contributed by atoms with van der Waals surface area (Å²) in [6.45, 7) is 0. The average Bonchev–Trinajstić information content (AvgIpc) is 3.19. The Morgan fingerprint density at radius 2 is 1.60 bits per heavy atom. The Kier molecular flexibility index (Phi) is 6.48. The van der Waals surface area contributed by atoms with Crippen molar-refractivity contribution in [3.63, 3.8) is 0 Å². The summed E-state index contributed by atoms with van der Waals surface area (Å²) >= 11 is 7.17. The molecule has 0 aliphatic carbocycles. The summed E-state index contributed by atoms with van der Waals surface area (Å²) in [6, 6.07) is 14.5. The number of aromatic nitrogens is 2. The van der Waals surface area contributed by atoms with Gasteiger partial charge in [-0.25, -0.2) is 0 Å². The fourth-order valence-electron chi connectivity index (χ4n) is 2.23. The van der Waals surface area contributed by atoms with E-state index in [0.717, 1.165) is 11.3 Å². The van der Waals surface area contributed by atoms with Gasteiger partial charge >= 0.3 is 12.1 Å². The van der Waals surface area contributed by atoms with Crippen molar-refractivity contribution >= 4 is 57.2 Å². The maximum Gasteiger partial charge on any atom is 0.471 e. The van der Waals surface area contributed by atoms with E-state index in [4.69, 9.17) is 11.6 Å². The molecule has 11 heteroatoms. The first-order valence-corrected chi connectivity index (χ1v) is 9.47. The zero-order chi connectivity index (χ0) is 21.7. The predicted octanol–water partition coefficient (Wildman–Crippen LogP) is 5.03. The molecule has 0 atom stereocenters. The maximum absolute atomic E-state index is 12.4. The lowest BCUT2D eigenvalue weighted by Gasteiger charge is -2.08. The molecule has 1 aromatic heterocycles. The van der Waals surface area contributed by atoms with Crippen LogP contribution in [-0.4, -0.2) is 28.2 Å². The zero-order valence-corrected chi connectivity index (χ0v) is 16.5. The van der Waals surface area contributed by atoms with Crippen LogP contribution in [0, 0.1) is 0 Å². The third-order valence-corrected chi connectivity index (χ3v) is 4.91. The first kappa shape index (κ1) is 21.5. The molecule has 0 fully saturated rings. The molecule has 3 aromatic rings. The van der Waals surface area contributed by atoms with E-state index in [1.807, 2.05) is 6.07 Å². The van der Waals surface area contributed by atoms with Crippen LogP contribution in [0.4, 0.5) is 24.5 Å². The van der Waals surface area contributed by atoms with Crippen LogP contribution in [0.15, 0.2) is 54.6 Å². The molecule has 154 valence electrons. The van der Waals surface area contributed by atoms with Crippen LogP contribution < -0.4 is 10.6 Å². The fraction of sp³-hybridized carbons (Fsp3) is 0.0526. The summed E-state index contributed by atoms with van der Waals surface area (Å²) < 4.78 is 37.1. The Hall–Kier alpha value is -3.24. The number of benzene rings is 2. The highest BCUT2D eigenvalue weighted by Crippen LogP contribution is 2.27. The van der Waals surface area contributed by atoms with Crippen LogP contribution >= 0.6 is 22.9 Å². The molecular formula is C19H12ClF3N4O2S. The van der Waals surface area contributed by atoms with Gasteiger partial charge in [0.2, 0.25) is 5.01 Å². The highest BCUT2D eigenvalue weighted by molar-refractivity contribution is 7.15. The largest absolute Gasteiger partial charge is 0.471 e. The number of rotatable bonds is 5. The predicted molar refractivity (Wildman–Crippen MR) is 109 cm³/mol. The van der Waals surface area contributed by atoms with E-state index < -0.39 is 18.0 Å². The molecule has 0 unspecified atom stereocenters. The standard InChI is InChI=1S/C19H12ClF3N4O2S/c20-14(10-11-5-4-8-13(9-11)25-18(29)19(21,22)23)16-26-27-17(30-16)15(28)24-12-6-2-1-3-7-12/h1-10H,(H,24,28)(H,25,29)/b14-10-. The SMILES string of the molecule is O=C(Nc1ccccc1)c1nnc(/C(Cl)=C/c2cccc(NC(=O)C(F)(F)F)c2)s1. The molecule has 3 rings (SSSR count). The number of carbonyl (C=O) groups is 2. The van der Waals surface area contributed by atoms with E-state index in [0.29, 0.717) is 11.3 Å². The second kappa shape index (κ2) is 9.06. The maximum atomic E-state index is 12.4. The number of alkyl halides is 3. The molecule has 6 nitrogen and oxygen atoms in total. The molecule has 0 saturated heterocycles. The lowest BCUT2D eigenvalue weighted by molar-refractivity contribution is -0.167. The van der Waals surface area contributed by atoms with E-state index in [1.165, 1.54) is 24.3 Å². The van der Waals surface area contributed by atoms with Crippen molar-refractivity contribution in [2.24, 2.45) is 0 Å². The average molecular weight is 453 g/mol. The van der Waals surface area contributed by atoms with E-state index >= 15 is 0 Å². The van der Waals surface area contributed by atoms with Gasteiger partial charge in [0.25, 0.3) is 5.91 Å². The summed E-state index contributed by atoms with van der Waals surface area (Å²) in [5.74, 6) is -2.53. The first-order chi connectivity index (χ1) is 14.2. The third-order valence-electron chi connectivity index (χ3n) is 3.55. The van der Waals surface area contributed by atoms with Gasteiger partial charge in [-0.1, -0.05) is 53.3 Å². The van der Waals surface area contributed by atoms with Gasteiger partial charge in [0.15, 0.2) is 5.01 Å². The van der Waals surface area contributed by atoms with E-state index in [2.05, 4.69) is 15.5 Å². The molecule has 2 amide bonds. The number of nitrogens with one attached hydrogen (secondary N) is 2. The summed E-state index contributed by atoms with van der Waals surface area (Å²) in [5, 5.41) is 12.6. The number of hydrogen-bond acceptors (Lipinski definition) is 5. The van der Waals surface area contributed by atoms with Gasteiger partial charge in [-0.15, -0.1) is 10.2 Å². The molecule has 30 heavy (non-hydrogen) atoms. The highest BCUT2D eigenvalue weighted by Gasteiger charge is 2.38. The van der Waals surface area contributed by atoms with Crippen molar-refractivity contribution in [1.82, 2.24) is 10.2 Å². The number of para-hydroxylation sites is 1. The molecule has 0 bridgehead atoms. The number of halogens is 4. The number of nitrogens with zero attached hydrogens (tertiary/aromatic N) is 2. The number of carbonyl (C=O) groups excluding carboxylic acids is 2. The Morgan fingerprint density at radius 3 is 2.30 bits per heavy atom. The Labute approximate surface area is 177 Å². The molecule has 0 aliphatic rings. The topological polar surface area (TPSA) is 84.0 Å². The Bertz CT molecular complexity index is 1100. The minimum atomic E-state index is -4.99. The molecular weight excluding hydrogens is 441 g/mol. The number of amides is 2. The van der Waals surface area contributed by atoms with Crippen molar-refractivity contribution in [2.45, 2.75) is 6.18 Å². The van der Waals surface area contributed by atoms with Crippen LogP contribution in [0.3, 0.4) is 0 Å². The van der Waals surface area contributed by atoms with Gasteiger partial charge < -0.3 is 10.6 Å². The third kappa shape index (κ3) is 5.65. The van der Waals surface area contributed by atoms with Crippen molar-refractivity contribution in [1.29, 1.82) is 0 Å². The molecule has 0 saturated carbocycles. The van der Waals surface area contributed by atoms with Crippen LogP contribution in [0.5, 0.6) is 0 Å². The van der Waals surface area contributed by atoms with Crippen LogP contribution in [-0.2, 0) is 4.79 Å². The lowest BCUT2D eigenvalue weighted by Crippen LogP contribution is -2.29. The van der Waals surface area contributed by atoms with Gasteiger partial charge in [-0.05, 0) is 35.9 Å². The van der Waals surface area contributed by atoms with E-state index in [1.54, 1.807) is 35.6 Å². The summed E-state index contributed by atoms with van der Waals surface area (Å²) in [4.78, 5) is 23.3. The normalized spacial score (nSPS) is 11.8. The second-order valence-electron chi connectivity index (χ2n) is 5.80. The van der Waals surface area contributed by atoms with Crippen molar-refractivity contribution < 1.29 is 22.8 Å². The smallest absolute Gasteiger partial charge is 0.320 e. The zero-order valence-electron chi connectivity index (χ0n) is 14.9. The highest BCUT2D eigenvalue weighted by atomic mass is 35.5. The fourth-order valence-corrected chi connectivity index (χ4v) is 3.16. The minimum absolute atomic E-state index is 0.0456. The van der Waals surface area contributed by atoms with Gasteiger partial charge in [-0.2, -0.15) is 13.2 Å². The molecule has 0 spiro atoms. The van der Waals surface area contributed by atoms with Gasteiger partial charge in [0.1, 0.15) is 0 Å². The molecule has 2 N–H and O–H groups in total. The lowest BCUT2D eigenvalue weighted by atomic mass is 10.2. The van der Waals surface area contributed by atoms with E-state index in [9.17, 15) is 22.8 Å². The van der Waals surface area contributed by atoms with Crippen molar-refractivity contribution in [3.8, 4) is 0 Å². The van der Waals surface area contributed by atoms with Crippen LogP contribution in [0.25, 0.3) is 11.1 Å². The minimum Gasteiger partial charge on any atom is -0.320 e. The summed E-state index contributed by atoms with van der Waals surface area (Å²) in [6.07, 6.45) is -3.56. The van der Waals surface area contributed by atoms with Gasteiger partial charge in [0.05, 0.1) is 5.03 Å². The Balaban J connectivity index is 1.72. The quantitative estimate of drug-likeness (QED) is 0.568.